The standard InChI is InChI=1S/C26H26F2N4O2/c27-26(28)9-12-30(13-10-26)14-15-32-24-7-6-22(16-21(24)18-29-32)31-11-8-23(17-25(31)33)34-19-20-4-2-1-3-5-20/h1-8,11,16-18H,9-10,12-15,19H2. The third-order valence-corrected chi connectivity index (χ3v) is 6.26. The molecule has 6 nitrogen and oxygen atoms in total. The van der Waals surface area contributed by atoms with Crippen LogP contribution in [0.4, 0.5) is 8.78 Å². The van der Waals surface area contributed by atoms with Gasteiger partial charge < -0.3 is 9.64 Å². The second-order valence-corrected chi connectivity index (χ2v) is 8.65. The maximum Gasteiger partial charge on any atom is 0.258 e. The van der Waals surface area contributed by atoms with Gasteiger partial charge in [0.05, 0.1) is 18.3 Å². The summed E-state index contributed by atoms with van der Waals surface area (Å²) in [5.74, 6) is -2.01. The lowest BCUT2D eigenvalue weighted by atomic mass is 10.1. The van der Waals surface area contributed by atoms with Crippen molar-refractivity contribution in [2.45, 2.75) is 31.9 Å². The van der Waals surface area contributed by atoms with Crippen LogP contribution in [0.1, 0.15) is 18.4 Å². The topological polar surface area (TPSA) is 52.3 Å². The molecule has 4 aromatic rings. The van der Waals surface area contributed by atoms with Crippen LogP contribution in [0, 0.1) is 0 Å². The van der Waals surface area contributed by atoms with E-state index in [1.807, 2.05) is 53.2 Å². The number of likely N-dealkylation sites (tertiary alicyclic amines) is 1. The monoisotopic (exact) mass is 464 g/mol. The summed E-state index contributed by atoms with van der Waals surface area (Å²) in [4.78, 5) is 14.8. The number of pyridine rings is 1. The van der Waals surface area contributed by atoms with Crippen LogP contribution in [0.25, 0.3) is 16.6 Å². The van der Waals surface area contributed by atoms with Gasteiger partial charge in [0.15, 0.2) is 0 Å². The van der Waals surface area contributed by atoms with Crippen molar-refractivity contribution in [2.75, 3.05) is 19.6 Å². The van der Waals surface area contributed by atoms with E-state index in [2.05, 4.69) is 10.00 Å². The van der Waals surface area contributed by atoms with E-state index in [0.29, 0.717) is 38.5 Å². The fraction of sp³-hybridized carbons (Fsp3) is 0.308. The molecule has 2 aromatic heterocycles. The molecule has 0 bridgehead atoms. The molecule has 0 aliphatic carbocycles. The van der Waals surface area contributed by atoms with Crippen molar-refractivity contribution in [1.29, 1.82) is 0 Å². The number of alkyl halides is 2. The Kier molecular flexibility index (Phi) is 6.15. The molecule has 34 heavy (non-hydrogen) atoms. The van der Waals surface area contributed by atoms with Gasteiger partial charge in [-0.15, -0.1) is 0 Å². The molecule has 1 saturated heterocycles. The van der Waals surface area contributed by atoms with E-state index in [9.17, 15) is 13.6 Å². The summed E-state index contributed by atoms with van der Waals surface area (Å²) in [6.07, 6.45) is 3.31. The summed E-state index contributed by atoms with van der Waals surface area (Å²) in [6.45, 7) is 2.52. The maximum atomic E-state index is 13.4. The average Bonchev–Trinajstić information content (AvgIpc) is 3.25. The third kappa shape index (κ3) is 5.02. The van der Waals surface area contributed by atoms with Crippen LogP contribution >= 0.6 is 0 Å². The smallest absolute Gasteiger partial charge is 0.258 e. The normalized spacial score (nSPS) is 16.1. The van der Waals surface area contributed by atoms with Crippen LogP contribution in [0.2, 0.25) is 0 Å². The maximum absolute atomic E-state index is 13.4. The molecule has 1 aliphatic rings. The lowest BCUT2D eigenvalue weighted by Crippen LogP contribution is -2.40. The summed E-state index contributed by atoms with van der Waals surface area (Å²) in [6, 6.07) is 18.8. The van der Waals surface area contributed by atoms with E-state index in [1.54, 1.807) is 23.0 Å². The Bertz CT molecular complexity index is 1320. The molecule has 0 spiro atoms. The van der Waals surface area contributed by atoms with Crippen LogP contribution in [0.3, 0.4) is 0 Å². The number of nitrogens with zero attached hydrogens (tertiary/aromatic N) is 4. The van der Waals surface area contributed by atoms with Gasteiger partial charge in [0, 0.05) is 55.8 Å². The van der Waals surface area contributed by atoms with Gasteiger partial charge in [-0.2, -0.15) is 5.10 Å². The summed E-state index contributed by atoms with van der Waals surface area (Å²) < 4.78 is 35.9. The number of hydrogen-bond donors (Lipinski definition) is 0. The summed E-state index contributed by atoms with van der Waals surface area (Å²) >= 11 is 0. The van der Waals surface area contributed by atoms with Crippen molar-refractivity contribution < 1.29 is 13.5 Å². The van der Waals surface area contributed by atoms with Crippen LogP contribution in [0.5, 0.6) is 5.75 Å². The molecule has 8 heteroatoms. The third-order valence-electron chi connectivity index (χ3n) is 6.26. The Balaban J connectivity index is 1.26. The minimum Gasteiger partial charge on any atom is -0.489 e. The molecular formula is C26H26F2N4O2. The number of aromatic nitrogens is 3. The molecule has 0 radical (unpaired) electrons. The molecule has 176 valence electrons. The quantitative estimate of drug-likeness (QED) is 0.404. The minimum absolute atomic E-state index is 0.0823. The van der Waals surface area contributed by atoms with E-state index < -0.39 is 5.92 Å². The fourth-order valence-corrected chi connectivity index (χ4v) is 4.25. The van der Waals surface area contributed by atoms with Gasteiger partial charge in [0.1, 0.15) is 12.4 Å². The van der Waals surface area contributed by atoms with Gasteiger partial charge >= 0.3 is 0 Å². The van der Waals surface area contributed by atoms with E-state index >= 15 is 0 Å². The van der Waals surface area contributed by atoms with Gasteiger partial charge in [0.25, 0.3) is 11.5 Å². The van der Waals surface area contributed by atoms with E-state index in [-0.39, 0.29) is 18.4 Å². The fourth-order valence-electron chi connectivity index (χ4n) is 4.25. The highest BCUT2D eigenvalue weighted by atomic mass is 19.3. The first-order chi connectivity index (χ1) is 16.5. The predicted molar refractivity (Wildman–Crippen MR) is 127 cm³/mol. The Morgan fingerprint density at radius 3 is 2.53 bits per heavy atom. The van der Waals surface area contributed by atoms with Gasteiger partial charge in [-0.05, 0) is 29.8 Å². The lowest BCUT2D eigenvalue weighted by molar-refractivity contribution is -0.0555. The second kappa shape index (κ2) is 9.38. The zero-order valence-electron chi connectivity index (χ0n) is 18.7. The predicted octanol–water partition coefficient (Wildman–Crippen LogP) is 4.50. The van der Waals surface area contributed by atoms with Crippen LogP contribution in [0.15, 0.2) is 77.9 Å². The van der Waals surface area contributed by atoms with Crippen LogP contribution < -0.4 is 10.3 Å². The van der Waals surface area contributed by atoms with Gasteiger partial charge in [-0.1, -0.05) is 30.3 Å². The van der Waals surface area contributed by atoms with E-state index in [0.717, 1.165) is 22.2 Å². The largest absolute Gasteiger partial charge is 0.489 e. The summed E-state index contributed by atoms with van der Waals surface area (Å²) in [5, 5.41) is 5.38. The van der Waals surface area contributed by atoms with Gasteiger partial charge in [0.2, 0.25) is 0 Å². The summed E-state index contributed by atoms with van der Waals surface area (Å²) in [5.41, 5.74) is 2.54. The molecule has 0 atom stereocenters. The molecule has 0 N–H and O–H groups in total. The van der Waals surface area contributed by atoms with Crippen molar-refractivity contribution in [3.63, 3.8) is 0 Å². The Morgan fingerprint density at radius 1 is 0.971 bits per heavy atom. The zero-order valence-corrected chi connectivity index (χ0v) is 18.7. The summed E-state index contributed by atoms with van der Waals surface area (Å²) in [7, 11) is 0. The van der Waals surface area contributed by atoms with E-state index in [4.69, 9.17) is 4.74 Å². The molecule has 5 rings (SSSR count). The van der Waals surface area contributed by atoms with E-state index in [1.165, 1.54) is 6.07 Å². The number of fused-ring (bicyclic) bond motifs is 1. The average molecular weight is 465 g/mol. The number of benzene rings is 2. The molecule has 2 aromatic carbocycles. The number of hydrogen-bond acceptors (Lipinski definition) is 4. The molecule has 0 unspecified atom stereocenters. The van der Waals surface area contributed by atoms with Crippen LogP contribution in [-0.4, -0.2) is 44.8 Å². The highest BCUT2D eigenvalue weighted by Gasteiger charge is 2.33. The first-order valence-corrected chi connectivity index (χ1v) is 11.4. The zero-order chi connectivity index (χ0) is 23.5. The molecular weight excluding hydrogens is 438 g/mol. The minimum atomic E-state index is -2.53. The van der Waals surface area contributed by atoms with Gasteiger partial charge in [-0.3, -0.25) is 14.0 Å². The lowest BCUT2D eigenvalue weighted by Gasteiger charge is -2.31. The Labute approximate surface area is 196 Å². The Morgan fingerprint density at radius 2 is 1.76 bits per heavy atom. The van der Waals surface area contributed by atoms with Crippen LogP contribution in [-0.2, 0) is 13.2 Å². The number of rotatable bonds is 7. The van der Waals surface area contributed by atoms with Crippen molar-refractivity contribution in [3.05, 3.63) is 89.0 Å². The molecule has 0 amide bonds. The number of ether oxygens (including phenoxy) is 1. The highest BCUT2D eigenvalue weighted by molar-refractivity contribution is 5.80. The van der Waals surface area contributed by atoms with Crippen molar-refractivity contribution >= 4 is 10.9 Å². The Hall–Kier alpha value is -3.52. The van der Waals surface area contributed by atoms with Crippen molar-refractivity contribution in [1.82, 2.24) is 19.2 Å². The van der Waals surface area contributed by atoms with Crippen molar-refractivity contribution in [3.8, 4) is 11.4 Å². The molecule has 0 saturated carbocycles. The molecule has 1 aliphatic heterocycles. The number of piperidine rings is 1. The molecule has 3 heterocycles. The molecule has 1 fully saturated rings. The SMILES string of the molecule is O=c1cc(OCc2ccccc2)ccn1-c1ccc2c(cnn2CCN2CCC(F)(F)CC2)c1. The highest BCUT2D eigenvalue weighted by Crippen LogP contribution is 2.27. The first-order valence-electron chi connectivity index (χ1n) is 11.4. The van der Waals surface area contributed by atoms with Crippen molar-refractivity contribution in [2.24, 2.45) is 0 Å². The number of halogens is 2. The first kappa shape index (κ1) is 22.3. The van der Waals surface area contributed by atoms with Gasteiger partial charge in [-0.25, -0.2) is 8.78 Å². The second-order valence-electron chi connectivity index (χ2n) is 8.65.